The van der Waals surface area contributed by atoms with Crippen LogP contribution in [0, 0.1) is 0 Å². The van der Waals surface area contributed by atoms with Crippen LogP contribution < -0.4 is 19.7 Å². The smallest absolute Gasteiger partial charge is 0.224 e. The van der Waals surface area contributed by atoms with E-state index in [9.17, 15) is 9.59 Å². The van der Waals surface area contributed by atoms with Gasteiger partial charge in [-0.25, -0.2) is 4.98 Å². The lowest BCUT2D eigenvalue weighted by molar-refractivity contribution is -0.116. The van der Waals surface area contributed by atoms with Crippen LogP contribution >= 0.6 is 0 Å². The molecule has 1 N–H and O–H groups in total. The third kappa shape index (κ3) is 5.07. The van der Waals surface area contributed by atoms with Gasteiger partial charge in [0.05, 0.1) is 38.3 Å². The minimum Gasteiger partial charge on any atom is -0.490 e. The Morgan fingerprint density at radius 1 is 0.967 bits per heavy atom. The Bertz CT molecular complexity index is 894. The summed E-state index contributed by atoms with van der Waals surface area (Å²) >= 11 is 0. The van der Waals surface area contributed by atoms with E-state index in [2.05, 4.69) is 15.2 Å². The van der Waals surface area contributed by atoms with Gasteiger partial charge in [-0.15, -0.1) is 0 Å². The van der Waals surface area contributed by atoms with E-state index >= 15 is 0 Å². The largest absolute Gasteiger partial charge is 0.490 e. The van der Waals surface area contributed by atoms with Crippen molar-refractivity contribution in [2.45, 2.75) is 19.3 Å². The molecule has 0 bridgehead atoms. The summed E-state index contributed by atoms with van der Waals surface area (Å²) in [5, 5.41) is 2.80. The normalized spacial score (nSPS) is 15.9. The number of ether oxygens (including phenoxy) is 3. The molecule has 1 fully saturated rings. The summed E-state index contributed by atoms with van der Waals surface area (Å²) < 4.78 is 16.5. The number of rotatable bonds is 6. The van der Waals surface area contributed by atoms with Crippen molar-refractivity contribution in [1.82, 2.24) is 4.98 Å². The zero-order valence-corrected chi connectivity index (χ0v) is 16.8. The first-order valence-corrected chi connectivity index (χ1v) is 10.2. The number of carbonyl (C=O) groups excluding carboxylic acids is 2. The molecule has 1 saturated heterocycles. The molecule has 1 aromatic heterocycles. The lowest BCUT2D eigenvalue weighted by Gasteiger charge is -2.27. The SMILES string of the molecule is O=C(CCC(=O)c1ccc2c(c1)OCCCO2)Nc1ccc(N2CCOCC2)nc1. The number of Topliss-reactive ketones (excluding diaryl/α,β-unsaturated/α-hetero) is 1. The third-order valence-electron chi connectivity index (χ3n) is 5.02. The molecular weight excluding hydrogens is 386 g/mol. The molecule has 1 amide bonds. The van der Waals surface area contributed by atoms with E-state index in [4.69, 9.17) is 14.2 Å². The van der Waals surface area contributed by atoms with Crippen molar-refractivity contribution < 1.29 is 23.8 Å². The highest BCUT2D eigenvalue weighted by atomic mass is 16.5. The van der Waals surface area contributed by atoms with Gasteiger partial charge in [-0.05, 0) is 30.3 Å². The van der Waals surface area contributed by atoms with Crippen molar-refractivity contribution >= 4 is 23.2 Å². The number of fused-ring (bicyclic) bond motifs is 1. The molecule has 3 heterocycles. The first-order valence-electron chi connectivity index (χ1n) is 10.2. The van der Waals surface area contributed by atoms with E-state index in [-0.39, 0.29) is 24.5 Å². The van der Waals surface area contributed by atoms with E-state index in [1.165, 1.54) is 0 Å². The summed E-state index contributed by atoms with van der Waals surface area (Å²) in [7, 11) is 0. The Labute approximate surface area is 175 Å². The standard InChI is InChI=1S/C22H25N3O5/c26-18(16-2-5-19-20(14-16)30-11-1-10-29-19)4-7-22(27)24-17-3-6-21(23-15-17)25-8-12-28-13-9-25/h2-3,5-6,14-15H,1,4,7-13H2,(H,24,27). The zero-order valence-electron chi connectivity index (χ0n) is 16.8. The molecule has 2 aromatic rings. The van der Waals surface area contributed by atoms with Crippen LogP contribution in [0.5, 0.6) is 11.5 Å². The lowest BCUT2D eigenvalue weighted by atomic mass is 10.1. The van der Waals surface area contributed by atoms with Crippen LogP contribution in [0.2, 0.25) is 0 Å². The molecule has 0 spiro atoms. The van der Waals surface area contributed by atoms with Gasteiger partial charge in [0.1, 0.15) is 5.82 Å². The maximum absolute atomic E-state index is 12.5. The molecular formula is C22H25N3O5. The van der Waals surface area contributed by atoms with Crippen LogP contribution in [0.3, 0.4) is 0 Å². The number of aromatic nitrogens is 1. The van der Waals surface area contributed by atoms with Crippen molar-refractivity contribution in [2.24, 2.45) is 0 Å². The Balaban J connectivity index is 1.28. The summed E-state index contributed by atoms with van der Waals surface area (Å²) in [6, 6.07) is 8.85. The number of anilines is 2. The maximum atomic E-state index is 12.5. The summed E-state index contributed by atoms with van der Waals surface area (Å²) in [4.78, 5) is 31.3. The molecule has 8 heteroatoms. The zero-order chi connectivity index (χ0) is 20.8. The van der Waals surface area contributed by atoms with E-state index in [1.54, 1.807) is 24.4 Å². The Morgan fingerprint density at radius 3 is 2.53 bits per heavy atom. The molecule has 158 valence electrons. The average molecular weight is 411 g/mol. The molecule has 8 nitrogen and oxygen atoms in total. The molecule has 0 aliphatic carbocycles. The first-order chi connectivity index (χ1) is 14.7. The number of hydrogen-bond donors (Lipinski definition) is 1. The van der Waals surface area contributed by atoms with E-state index in [0.29, 0.717) is 49.2 Å². The highest BCUT2D eigenvalue weighted by molar-refractivity contribution is 6.00. The maximum Gasteiger partial charge on any atom is 0.224 e. The topological polar surface area (TPSA) is 90.0 Å². The number of pyridine rings is 1. The summed E-state index contributed by atoms with van der Waals surface area (Å²) in [5.41, 5.74) is 1.13. The van der Waals surface area contributed by atoms with Crippen LogP contribution in [0.25, 0.3) is 0 Å². The van der Waals surface area contributed by atoms with Gasteiger partial charge in [-0.2, -0.15) is 0 Å². The van der Waals surface area contributed by atoms with E-state index in [1.807, 2.05) is 12.1 Å². The fraction of sp³-hybridized carbons (Fsp3) is 0.409. The summed E-state index contributed by atoms with van der Waals surface area (Å²) in [5.74, 6) is 1.75. The van der Waals surface area contributed by atoms with E-state index < -0.39 is 0 Å². The van der Waals surface area contributed by atoms with Gasteiger partial charge in [-0.1, -0.05) is 0 Å². The number of ketones is 1. The molecule has 2 aliphatic rings. The minimum atomic E-state index is -0.224. The van der Waals surface area contributed by atoms with Gasteiger partial charge in [0, 0.05) is 37.9 Å². The average Bonchev–Trinajstić information content (AvgIpc) is 3.03. The van der Waals surface area contributed by atoms with Crippen molar-refractivity contribution in [3.05, 3.63) is 42.1 Å². The van der Waals surface area contributed by atoms with Gasteiger partial charge in [0.2, 0.25) is 5.91 Å². The number of morpholine rings is 1. The van der Waals surface area contributed by atoms with Gasteiger partial charge < -0.3 is 24.4 Å². The highest BCUT2D eigenvalue weighted by Crippen LogP contribution is 2.30. The molecule has 30 heavy (non-hydrogen) atoms. The number of amides is 1. The summed E-state index contributed by atoms with van der Waals surface area (Å²) in [6.07, 6.45) is 2.65. The van der Waals surface area contributed by atoms with Gasteiger partial charge in [-0.3, -0.25) is 9.59 Å². The Morgan fingerprint density at radius 2 is 1.77 bits per heavy atom. The first kappa shape index (κ1) is 20.2. The van der Waals surface area contributed by atoms with Gasteiger partial charge >= 0.3 is 0 Å². The fourth-order valence-electron chi connectivity index (χ4n) is 3.37. The molecule has 0 unspecified atom stereocenters. The number of nitrogens with zero attached hydrogens (tertiary/aromatic N) is 2. The number of hydrogen-bond acceptors (Lipinski definition) is 7. The lowest BCUT2D eigenvalue weighted by Crippen LogP contribution is -2.36. The van der Waals surface area contributed by atoms with Crippen LogP contribution in [0.4, 0.5) is 11.5 Å². The van der Waals surface area contributed by atoms with Crippen LogP contribution in [0.1, 0.15) is 29.6 Å². The highest BCUT2D eigenvalue weighted by Gasteiger charge is 2.16. The van der Waals surface area contributed by atoms with Crippen LogP contribution in [-0.4, -0.2) is 56.2 Å². The Hall–Kier alpha value is -3.13. The third-order valence-corrected chi connectivity index (χ3v) is 5.02. The van der Waals surface area contributed by atoms with Gasteiger partial charge in [0.15, 0.2) is 17.3 Å². The van der Waals surface area contributed by atoms with Crippen LogP contribution in [-0.2, 0) is 9.53 Å². The number of nitrogens with one attached hydrogen (secondary N) is 1. The van der Waals surface area contributed by atoms with E-state index in [0.717, 1.165) is 25.3 Å². The second-order valence-corrected chi connectivity index (χ2v) is 7.19. The van der Waals surface area contributed by atoms with Crippen LogP contribution in [0.15, 0.2) is 36.5 Å². The number of benzene rings is 1. The minimum absolute atomic E-state index is 0.0957. The van der Waals surface area contributed by atoms with Gasteiger partial charge in [0.25, 0.3) is 0 Å². The monoisotopic (exact) mass is 411 g/mol. The molecule has 0 atom stereocenters. The van der Waals surface area contributed by atoms with Crippen molar-refractivity contribution in [1.29, 1.82) is 0 Å². The molecule has 1 aromatic carbocycles. The number of carbonyl (C=O) groups is 2. The van der Waals surface area contributed by atoms with Crippen molar-refractivity contribution in [3.63, 3.8) is 0 Å². The predicted octanol–water partition coefficient (Wildman–Crippen LogP) is 2.68. The Kier molecular flexibility index (Phi) is 6.44. The molecule has 2 aliphatic heterocycles. The molecule has 0 saturated carbocycles. The van der Waals surface area contributed by atoms with Crippen molar-refractivity contribution in [2.75, 3.05) is 49.7 Å². The second kappa shape index (κ2) is 9.58. The predicted molar refractivity (Wildman–Crippen MR) is 112 cm³/mol. The molecule has 4 rings (SSSR count). The summed E-state index contributed by atoms with van der Waals surface area (Å²) in [6.45, 7) is 4.16. The second-order valence-electron chi connectivity index (χ2n) is 7.19. The fourth-order valence-corrected chi connectivity index (χ4v) is 3.37. The van der Waals surface area contributed by atoms with Crippen molar-refractivity contribution in [3.8, 4) is 11.5 Å². The molecule has 0 radical (unpaired) electrons. The quantitative estimate of drug-likeness (QED) is 0.731.